The lowest BCUT2D eigenvalue weighted by Crippen LogP contribution is -2.70. The standard InChI is InChI=1S/C26H26N8O11S2/c1-10-14(45-26(41)44-10)8-43-25(40)32-4-3-13(7-32)33-5-2-11(20(33)36)6-12-9-46-22-16(21(37)34(22)17(12)23(38)39)28-19(35)15(30-42)18-29-24(27)47-31-18/h6,13,15-16,22H,2-5,7-9H2,1H3,(H,28,35)(H,38,39)(H2,27,29,31)/t13-,15?,16-,22-/m1/s1. The zero-order chi connectivity index (χ0) is 33.6. The lowest BCUT2D eigenvalue weighted by molar-refractivity contribution is -0.150. The number of fused-ring (bicyclic) bond motifs is 1. The molecule has 4 N–H and O–H groups in total. The molecule has 3 saturated heterocycles. The van der Waals surface area contributed by atoms with Crippen LogP contribution in [0.2, 0.25) is 0 Å². The van der Waals surface area contributed by atoms with Crippen LogP contribution in [0.4, 0.5) is 9.93 Å². The second kappa shape index (κ2) is 12.6. The molecule has 19 nitrogen and oxygen atoms in total. The monoisotopic (exact) mass is 690 g/mol. The molecule has 2 aromatic heterocycles. The first kappa shape index (κ1) is 31.9. The van der Waals surface area contributed by atoms with E-state index in [1.54, 1.807) is 4.90 Å². The van der Waals surface area contributed by atoms with Gasteiger partial charge in [-0.3, -0.25) is 19.3 Å². The fourth-order valence-corrected chi connectivity index (χ4v) is 7.54. The Balaban J connectivity index is 1.09. The van der Waals surface area contributed by atoms with E-state index in [2.05, 4.69) is 19.9 Å². The summed E-state index contributed by atoms with van der Waals surface area (Å²) >= 11 is 1.96. The van der Waals surface area contributed by atoms with Crippen LogP contribution in [0.25, 0.3) is 0 Å². The van der Waals surface area contributed by atoms with E-state index in [0.29, 0.717) is 31.5 Å². The molecule has 0 aromatic carbocycles. The largest absolute Gasteiger partial charge is 0.519 e. The summed E-state index contributed by atoms with van der Waals surface area (Å²) in [5.74, 6) is -4.00. The van der Waals surface area contributed by atoms with Gasteiger partial charge in [0.2, 0.25) is 11.9 Å². The number of ether oxygens (including phenoxy) is 1. The van der Waals surface area contributed by atoms with Gasteiger partial charge >= 0.3 is 17.9 Å². The molecule has 0 bridgehead atoms. The highest BCUT2D eigenvalue weighted by molar-refractivity contribution is 8.00. The van der Waals surface area contributed by atoms with E-state index in [-0.39, 0.29) is 64.6 Å². The SMILES string of the molecule is Cc1oc(=O)oc1COC(=O)N1CC[C@@H](N2CCC(=CC3=C(C(=O)O)N4C(=O)[C@@H](NC(=O)C(N=O)c5nsc(N)n5)[C@H]4SC3)C2=O)C1. The zero-order valence-corrected chi connectivity index (χ0v) is 26.1. The smallest absolute Gasteiger partial charge is 0.477 e. The average molecular weight is 691 g/mol. The molecule has 0 saturated carbocycles. The highest BCUT2D eigenvalue weighted by Crippen LogP contribution is 2.41. The number of nitrogens with two attached hydrogens (primary N) is 1. The summed E-state index contributed by atoms with van der Waals surface area (Å²) < 4.78 is 18.6. The molecule has 0 aliphatic carbocycles. The minimum absolute atomic E-state index is 0.0255. The number of nitrogens with zero attached hydrogens (tertiary/aromatic N) is 6. The number of rotatable bonds is 9. The molecule has 4 atom stereocenters. The first-order chi connectivity index (χ1) is 22.5. The third-order valence-electron chi connectivity index (χ3n) is 8.08. The van der Waals surface area contributed by atoms with Crippen molar-refractivity contribution in [3.05, 3.63) is 55.8 Å². The lowest BCUT2D eigenvalue weighted by Gasteiger charge is -2.49. The molecular weight excluding hydrogens is 664 g/mol. The van der Waals surface area contributed by atoms with Crippen LogP contribution in [0.5, 0.6) is 0 Å². The van der Waals surface area contributed by atoms with Crippen molar-refractivity contribution in [2.24, 2.45) is 5.18 Å². The minimum Gasteiger partial charge on any atom is -0.477 e. The number of anilines is 1. The molecule has 4 aliphatic heterocycles. The van der Waals surface area contributed by atoms with Crippen LogP contribution in [-0.2, 0) is 30.5 Å². The van der Waals surface area contributed by atoms with Crippen molar-refractivity contribution in [3.63, 3.8) is 0 Å². The van der Waals surface area contributed by atoms with Crippen molar-refractivity contribution >= 4 is 58.2 Å². The Morgan fingerprint density at radius 3 is 2.70 bits per heavy atom. The maximum absolute atomic E-state index is 13.4. The van der Waals surface area contributed by atoms with E-state index < -0.39 is 47.2 Å². The van der Waals surface area contributed by atoms with Crippen molar-refractivity contribution in [1.29, 1.82) is 0 Å². The Bertz CT molecular complexity index is 1800. The molecule has 1 unspecified atom stereocenters. The molecule has 21 heteroatoms. The van der Waals surface area contributed by atoms with E-state index >= 15 is 0 Å². The zero-order valence-electron chi connectivity index (χ0n) is 24.4. The Kier molecular flexibility index (Phi) is 8.57. The number of likely N-dealkylation sites (tertiary alicyclic amines) is 2. The fourth-order valence-electron chi connectivity index (χ4n) is 5.77. The number of carbonyl (C=O) groups excluding carboxylic acids is 4. The summed E-state index contributed by atoms with van der Waals surface area (Å²) in [4.78, 5) is 94.5. The summed E-state index contributed by atoms with van der Waals surface area (Å²) in [5.41, 5.74) is 5.83. The topological polar surface area (TPSA) is 261 Å². The van der Waals surface area contributed by atoms with Crippen LogP contribution in [0, 0.1) is 11.8 Å². The number of nitrogens with one attached hydrogen (secondary N) is 1. The van der Waals surface area contributed by atoms with Crippen molar-refractivity contribution in [2.75, 3.05) is 31.1 Å². The van der Waals surface area contributed by atoms with Crippen LogP contribution < -0.4 is 16.9 Å². The summed E-state index contributed by atoms with van der Waals surface area (Å²) in [6, 6.07) is -3.06. The highest BCUT2D eigenvalue weighted by atomic mass is 32.2. The Hall–Kier alpha value is -5.05. The maximum atomic E-state index is 13.4. The predicted molar refractivity (Wildman–Crippen MR) is 159 cm³/mol. The third kappa shape index (κ3) is 5.98. The molecule has 4 amide bonds. The molecule has 0 spiro atoms. The van der Waals surface area contributed by atoms with Gasteiger partial charge < -0.3 is 39.5 Å². The van der Waals surface area contributed by atoms with Gasteiger partial charge in [0.1, 0.15) is 17.1 Å². The van der Waals surface area contributed by atoms with Crippen LogP contribution in [0.1, 0.15) is 36.2 Å². The van der Waals surface area contributed by atoms with Crippen LogP contribution >= 0.6 is 23.3 Å². The number of nitroso groups, excluding NO2 is 1. The maximum Gasteiger partial charge on any atom is 0.519 e. The number of β-lactam (4-membered cyclic amide) rings is 1. The third-order valence-corrected chi connectivity index (χ3v) is 9.94. The predicted octanol–water partition coefficient (Wildman–Crippen LogP) is 0.0908. The number of carboxylic acid groups (broad SMARTS) is 1. The van der Waals surface area contributed by atoms with Gasteiger partial charge in [-0.25, -0.2) is 19.4 Å². The van der Waals surface area contributed by atoms with Gasteiger partial charge in [-0.2, -0.15) is 4.37 Å². The van der Waals surface area contributed by atoms with Gasteiger partial charge in [0.25, 0.3) is 11.8 Å². The number of hydrogen-bond donors (Lipinski definition) is 3. The number of thioether (sulfide) groups is 1. The fraction of sp³-hybridized carbons (Fsp3) is 0.462. The van der Waals surface area contributed by atoms with E-state index in [1.807, 2.05) is 0 Å². The number of aromatic nitrogens is 2. The summed E-state index contributed by atoms with van der Waals surface area (Å²) in [7, 11) is 0. The average Bonchev–Trinajstić information content (AvgIpc) is 3.83. The number of aryl methyl sites for hydroxylation is 1. The number of aliphatic carboxylic acids is 1. The molecule has 47 heavy (non-hydrogen) atoms. The highest BCUT2D eigenvalue weighted by Gasteiger charge is 2.54. The van der Waals surface area contributed by atoms with Crippen LogP contribution in [0.15, 0.2) is 41.7 Å². The number of amides is 4. The first-order valence-corrected chi connectivity index (χ1v) is 15.9. The van der Waals surface area contributed by atoms with E-state index in [0.717, 1.165) is 16.4 Å². The molecule has 6 rings (SSSR count). The molecule has 0 radical (unpaired) electrons. The lowest BCUT2D eigenvalue weighted by atomic mass is 10.0. The summed E-state index contributed by atoms with van der Waals surface area (Å²) in [5, 5.41) is 14.5. The van der Waals surface area contributed by atoms with E-state index in [4.69, 9.17) is 19.3 Å². The van der Waals surface area contributed by atoms with Crippen molar-refractivity contribution in [1.82, 2.24) is 29.4 Å². The number of nitrogen functional groups attached to an aromatic ring is 1. The van der Waals surface area contributed by atoms with Crippen molar-refractivity contribution < 1.29 is 42.7 Å². The summed E-state index contributed by atoms with van der Waals surface area (Å²) in [6.07, 6.45) is 1.67. The number of carbonyl (C=O) groups is 5. The van der Waals surface area contributed by atoms with Gasteiger partial charge in [0, 0.05) is 42.5 Å². The molecule has 248 valence electrons. The van der Waals surface area contributed by atoms with Gasteiger partial charge in [-0.1, -0.05) is 0 Å². The van der Waals surface area contributed by atoms with Crippen LogP contribution in [-0.4, -0.2) is 102 Å². The van der Waals surface area contributed by atoms with Gasteiger partial charge in [0.15, 0.2) is 29.1 Å². The van der Waals surface area contributed by atoms with Gasteiger partial charge in [-0.05, 0) is 36.6 Å². The Labute approximate surface area is 271 Å². The Morgan fingerprint density at radius 1 is 1.26 bits per heavy atom. The number of carboxylic acids is 1. The first-order valence-electron chi connectivity index (χ1n) is 14.1. The van der Waals surface area contributed by atoms with Crippen molar-refractivity contribution in [3.8, 4) is 0 Å². The second-order valence-corrected chi connectivity index (χ2v) is 12.8. The minimum atomic E-state index is -1.64. The Morgan fingerprint density at radius 2 is 2.04 bits per heavy atom. The molecular formula is C26H26N8O11S2. The second-order valence-electron chi connectivity index (χ2n) is 10.9. The quantitative estimate of drug-likeness (QED) is 0.179. The molecule has 4 aliphatic rings. The molecule has 6 heterocycles. The number of hydrogen-bond acceptors (Lipinski definition) is 16. The number of allylic oxidation sites excluding steroid dienone is 1. The van der Waals surface area contributed by atoms with Crippen LogP contribution in [0.3, 0.4) is 0 Å². The summed E-state index contributed by atoms with van der Waals surface area (Å²) in [6.45, 7) is 2.13. The van der Waals surface area contributed by atoms with E-state index in [9.17, 15) is 38.8 Å². The van der Waals surface area contributed by atoms with E-state index in [1.165, 1.54) is 29.7 Å². The molecule has 2 aromatic rings. The normalized spacial score (nSPS) is 24.0. The molecule has 3 fully saturated rings. The van der Waals surface area contributed by atoms with Gasteiger partial charge in [-0.15, -0.1) is 16.7 Å². The van der Waals surface area contributed by atoms with Crippen molar-refractivity contribution in [2.45, 2.75) is 49.9 Å². The van der Waals surface area contributed by atoms with Gasteiger partial charge in [0.05, 0.1) is 6.04 Å².